The second kappa shape index (κ2) is 12.4. The number of hydrogen-bond acceptors (Lipinski definition) is 11. The van der Waals surface area contributed by atoms with Crippen molar-refractivity contribution in [3.63, 3.8) is 0 Å². The first-order valence-corrected chi connectivity index (χ1v) is 16.9. The summed E-state index contributed by atoms with van der Waals surface area (Å²) in [6.45, 7) is 1.32. The molecule has 4 aromatic rings. The van der Waals surface area contributed by atoms with Crippen molar-refractivity contribution in [3.8, 4) is 17.2 Å². The minimum Gasteiger partial charge on any atom is -0.495 e. The van der Waals surface area contributed by atoms with Crippen molar-refractivity contribution < 1.29 is 36.6 Å². The van der Waals surface area contributed by atoms with Crippen molar-refractivity contribution in [2.24, 2.45) is 0 Å². The molecule has 14 heteroatoms. The lowest BCUT2D eigenvalue weighted by Gasteiger charge is -2.24. The number of fused-ring (bicyclic) bond motifs is 1. The van der Waals surface area contributed by atoms with E-state index < -0.39 is 10.0 Å². The molecule has 2 fully saturated rings. The monoisotopic (exact) mass is 651 g/mol. The van der Waals surface area contributed by atoms with Gasteiger partial charge in [-0.25, -0.2) is 13.1 Å². The van der Waals surface area contributed by atoms with Crippen LogP contribution in [0.15, 0.2) is 45.8 Å². The highest BCUT2D eigenvalue weighted by molar-refractivity contribution is 7.93. The third-order valence-electron chi connectivity index (χ3n) is 8.42. The first-order chi connectivity index (χ1) is 22.4. The van der Waals surface area contributed by atoms with Crippen molar-refractivity contribution in [3.05, 3.63) is 47.7 Å². The molecule has 13 nitrogen and oxygen atoms in total. The topological polar surface area (TPSA) is 148 Å². The molecule has 2 aliphatic heterocycles. The SMILES string of the molecule is COc1cc2c(NS(=O)(=O)c3c(OC)cc(C4=CCCCO4)cc3OC)noc2cc1Nc1cc(C2CC2)n(C2CCCCO2)n1. The fraction of sp³-hybridized carbons (Fsp3) is 0.438. The van der Waals surface area contributed by atoms with E-state index in [1.807, 2.05) is 10.8 Å². The normalized spacial score (nSPS) is 18.5. The zero-order chi connectivity index (χ0) is 31.8. The maximum atomic E-state index is 13.8. The van der Waals surface area contributed by atoms with Crippen LogP contribution in [0.5, 0.6) is 17.2 Å². The van der Waals surface area contributed by atoms with Gasteiger partial charge >= 0.3 is 0 Å². The van der Waals surface area contributed by atoms with E-state index in [1.54, 1.807) is 24.3 Å². The van der Waals surface area contributed by atoms with Gasteiger partial charge in [-0.15, -0.1) is 0 Å². The number of sulfonamides is 1. The number of anilines is 3. The molecule has 4 heterocycles. The van der Waals surface area contributed by atoms with E-state index in [-0.39, 0.29) is 28.4 Å². The van der Waals surface area contributed by atoms with E-state index in [9.17, 15) is 8.42 Å². The zero-order valence-electron chi connectivity index (χ0n) is 26.0. The average molecular weight is 652 g/mol. The van der Waals surface area contributed by atoms with Gasteiger partial charge < -0.3 is 33.5 Å². The van der Waals surface area contributed by atoms with Crippen molar-refractivity contribution in [2.75, 3.05) is 44.6 Å². The van der Waals surface area contributed by atoms with Gasteiger partial charge in [-0.3, -0.25) is 4.72 Å². The molecule has 244 valence electrons. The molecule has 1 saturated carbocycles. The summed E-state index contributed by atoms with van der Waals surface area (Å²) in [6, 6.07) is 8.67. The van der Waals surface area contributed by atoms with Crippen LogP contribution >= 0.6 is 0 Å². The molecular weight excluding hydrogens is 614 g/mol. The molecule has 1 atom stereocenters. The summed E-state index contributed by atoms with van der Waals surface area (Å²) >= 11 is 0. The first kappa shape index (κ1) is 30.2. The molecule has 46 heavy (non-hydrogen) atoms. The van der Waals surface area contributed by atoms with E-state index >= 15 is 0 Å². The summed E-state index contributed by atoms with van der Waals surface area (Å²) in [5.74, 6) is 2.42. The van der Waals surface area contributed by atoms with Crippen LogP contribution in [0.1, 0.15) is 68.3 Å². The predicted octanol–water partition coefficient (Wildman–Crippen LogP) is 6.32. The molecule has 1 saturated heterocycles. The highest BCUT2D eigenvalue weighted by Crippen LogP contribution is 2.44. The summed E-state index contributed by atoms with van der Waals surface area (Å²) in [7, 11) is 0.0738. The van der Waals surface area contributed by atoms with Gasteiger partial charge in [0.05, 0.1) is 39.0 Å². The molecule has 3 aliphatic rings. The Balaban J connectivity index is 1.18. The lowest BCUT2D eigenvalue weighted by Crippen LogP contribution is -2.20. The highest BCUT2D eigenvalue weighted by atomic mass is 32.2. The minimum atomic E-state index is -4.26. The Kier molecular flexibility index (Phi) is 8.15. The Labute approximate surface area is 266 Å². The van der Waals surface area contributed by atoms with Gasteiger partial charge in [-0.1, -0.05) is 5.16 Å². The molecule has 7 rings (SSSR count). The molecule has 0 amide bonds. The van der Waals surface area contributed by atoms with Crippen molar-refractivity contribution in [1.29, 1.82) is 0 Å². The van der Waals surface area contributed by atoms with E-state index in [0.29, 0.717) is 52.1 Å². The van der Waals surface area contributed by atoms with E-state index in [4.69, 9.17) is 33.3 Å². The van der Waals surface area contributed by atoms with E-state index in [0.717, 1.165) is 57.2 Å². The number of rotatable bonds is 11. The Morgan fingerprint density at radius 1 is 0.913 bits per heavy atom. The number of ether oxygens (including phenoxy) is 5. The van der Waals surface area contributed by atoms with Crippen molar-refractivity contribution >= 4 is 44.1 Å². The number of nitrogens with zero attached hydrogens (tertiary/aromatic N) is 3. The Morgan fingerprint density at radius 2 is 1.70 bits per heavy atom. The maximum absolute atomic E-state index is 13.8. The number of hydrogen-bond donors (Lipinski definition) is 2. The van der Waals surface area contributed by atoms with Crippen LogP contribution in [0.3, 0.4) is 0 Å². The van der Waals surface area contributed by atoms with Crippen LogP contribution in [0, 0.1) is 0 Å². The number of benzene rings is 2. The zero-order valence-corrected chi connectivity index (χ0v) is 26.8. The largest absolute Gasteiger partial charge is 0.495 e. The number of aromatic nitrogens is 3. The summed E-state index contributed by atoms with van der Waals surface area (Å²) < 4.78 is 66.3. The van der Waals surface area contributed by atoms with Crippen LogP contribution in [0.4, 0.5) is 17.3 Å². The molecule has 0 bridgehead atoms. The molecule has 2 aromatic carbocycles. The highest BCUT2D eigenvalue weighted by Gasteiger charge is 2.32. The Morgan fingerprint density at radius 3 is 2.35 bits per heavy atom. The molecule has 2 aromatic heterocycles. The van der Waals surface area contributed by atoms with E-state index in [2.05, 4.69) is 21.3 Å². The third-order valence-corrected chi connectivity index (χ3v) is 9.83. The summed E-state index contributed by atoms with van der Waals surface area (Å²) in [5.41, 5.74) is 2.75. The quantitative estimate of drug-likeness (QED) is 0.188. The molecule has 0 radical (unpaired) electrons. The Bertz CT molecular complexity index is 1860. The molecule has 0 spiro atoms. The minimum absolute atomic E-state index is 0.0129. The summed E-state index contributed by atoms with van der Waals surface area (Å²) in [6.07, 6.45) is 9.06. The van der Waals surface area contributed by atoms with Crippen LogP contribution in [0.25, 0.3) is 16.7 Å². The summed E-state index contributed by atoms with van der Waals surface area (Å²) in [4.78, 5) is -0.178. The Hall–Kier alpha value is -4.43. The van der Waals surface area contributed by atoms with Crippen molar-refractivity contribution in [1.82, 2.24) is 14.9 Å². The van der Waals surface area contributed by atoms with Gasteiger partial charge in [-0.05, 0) is 69.2 Å². The van der Waals surface area contributed by atoms with Crippen LogP contribution < -0.4 is 24.2 Å². The molecule has 1 aliphatic carbocycles. The van der Waals surface area contributed by atoms with Crippen molar-refractivity contribution in [2.45, 2.75) is 62.0 Å². The standard InChI is InChI=1S/C32H37N5O8S/c1-40-26-16-21-25(17-22(26)33-29-18-23(19-10-11-19)37(34-29)30-9-5-7-13-44-30)45-35-32(21)36-46(38,39)31-27(41-2)14-20(15-28(31)42-3)24-8-4-6-12-43-24/h8,14-19,30H,4-7,9-13H2,1-3H3,(H,33,34)(H,35,36). The number of allylic oxidation sites excluding steroid dienone is 1. The second-order valence-electron chi connectivity index (χ2n) is 11.6. The van der Waals surface area contributed by atoms with Gasteiger partial charge in [0.1, 0.15) is 23.0 Å². The third kappa shape index (κ3) is 5.82. The lowest BCUT2D eigenvalue weighted by atomic mass is 10.1. The molecule has 2 N–H and O–H groups in total. The van der Waals surface area contributed by atoms with Crippen LogP contribution in [-0.2, 0) is 19.5 Å². The summed E-state index contributed by atoms with van der Waals surface area (Å²) in [5, 5.41) is 12.7. The van der Waals surface area contributed by atoms with Gasteiger partial charge in [0.25, 0.3) is 10.0 Å². The smallest absolute Gasteiger partial charge is 0.270 e. The van der Waals surface area contributed by atoms with E-state index in [1.165, 1.54) is 21.3 Å². The van der Waals surface area contributed by atoms with Crippen LogP contribution in [0.2, 0.25) is 0 Å². The van der Waals surface area contributed by atoms with Gasteiger partial charge in [0, 0.05) is 35.9 Å². The average Bonchev–Trinajstić information content (AvgIpc) is 3.75. The number of nitrogens with one attached hydrogen (secondary N) is 2. The fourth-order valence-corrected chi connectivity index (χ4v) is 7.29. The predicted molar refractivity (Wildman–Crippen MR) is 170 cm³/mol. The molecular formula is C32H37N5O8S. The van der Waals surface area contributed by atoms with Gasteiger partial charge in [-0.2, -0.15) is 5.10 Å². The lowest BCUT2D eigenvalue weighted by molar-refractivity contribution is -0.0409. The van der Waals surface area contributed by atoms with Gasteiger partial charge in [0.2, 0.25) is 0 Å². The van der Waals surface area contributed by atoms with Gasteiger partial charge in [0.15, 0.2) is 28.3 Å². The molecule has 1 unspecified atom stereocenters. The first-order valence-electron chi connectivity index (χ1n) is 15.5. The second-order valence-corrected chi connectivity index (χ2v) is 13.2. The maximum Gasteiger partial charge on any atom is 0.270 e. The number of methoxy groups -OCH3 is 3. The van der Waals surface area contributed by atoms with Crippen LogP contribution in [-0.4, -0.2) is 57.9 Å². The fourth-order valence-electron chi connectivity index (χ4n) is 5.97.